The molecule has 6 heteroatoms. The Labute approximate surface area is 193 Å². The number of Topliss-reactive ketones (excluding diaryl/α,β-unsaturated/α-hetero) is 1. The molecular weight excluding hydrogens is 412 g/mol. The van der Waals surface area contributed by atoms with Crippen LogP contribution >= 0.6 is 0 Å². The van der Waals surface area contributed by atoms with Crippen LogP contribution in [0.25, 0.3) is 22.0 Å². The third-order valence-electron chi connectivity index (χ3n) is 7.27. The number of carbonyl (C=O) groups excluding carboxylic acids is 2. The minimum Gasteiger partial charge on any atom is -0.381 e. The Morgan fingerprint density at radius 1 is 1.00 bits per heavy atom. The van der Waals surface area contributed by atoms with Gasteiger partial charge in [0.15, 0.2) is 5.78 Å². The molecule has 33 heavy (non-hydrogen) atoms. The van der Waals surface area contributed by atoms with Gasteiger partial charge in [0.25, 0.3) is 0 Å². The molecule has 3 aliphatic rings. The highest BCUT2D eigenvalue weighted by molar-refractivity contribution is 6.10. The summed E-state index contributed by atoms with van der Waals surface area (Å²) in [5.41, 5.74) is 12.6. The number of nitrogens with two attached hydrogens (primary N) is 1. The number of pyridine rings is 1. The number of carbonyl (C=O) groups is 2. The number of fused-ring (bicyclic) bond motifs is 2. The van der Waals surface area contributed by atoms with Gasteiger partial charge >= 0.3 is 0 Å². The molecule has 2 aromatic carbocycles. The normalized spacial score (nSPS) is 22.2. The third-order valence-corrected chi connectivity index (χ3v) is 7.27. The van der Waals surface area contributed by atoms with Crippen molar-refractivity contribution < 1.29 is 9.59 Å². The van der Waals surface area contributed by atoms with E-state index in [2.05, 4.69) is 33.8 Å². The zero-order valence-corrected chi connectivity index (χ0v) is 18.6. The Hall–Kier alpha value is -3.25. The first-order chi connectivity index (χ1) is 16.0. The van der Waals surface area contributed by atoms with E-state index in [4.69, 9.17) is 5.73 Å². The predicted molar refractivity (Wildman–Crippen MR) is 130 cm³/mol. The maximum absolute atomic E-state index is 13.1. The fourth-order valence-corrected chi connectivity index (χ4v) is 5.14. The molecule has 6 nitrogen and oxygen atoms in total. The lowest BCUT2D eigenvalue weighted by Gasteiger charge is -2.29. The SMILES string of the molecule is NC1CCC(Nc2c(C(=O)C3CC3)cnc3ccc(-c4ccc5c(c4)NC(=O)C5)cc23)CC1. The Morgan fingerprint density at radius 3 is 2.55 bits per heavy atom. The van der Waals surface area contributed by atoms with Gasteiger partial charge in [0, 0.05) is 35.3 Å². The van der Waals surface area contributed by atoms with Crippen LogP contribution in [-0.2, 0) is 11.2 Å². The van der Waals surface area contributed by atoms with Crippen LogP contribution < -0.4 is 16.4 Å². The molecule has 0 unspecified atom stereocenters. The van der Waals surface area contributed by atoms with E-state index in [0.717, 1.165) is 77.5 Å². The summed E-state index contributed by atoms with van der Waals surface area (Å²) < 4.78 is 0. The molecule has 4 N–H and O–H groups in total. The van der Waals surface area contributed by atoms with Crippen molar-refractivity contribution in [1.82, 2.24) is 4.98 Å². The number of nitrogens with one attached hydrogen (secondary N) is 2. The van der Waals surface area contributed by atoms with E-state index in [1.54, 1.807) is 6.20 Å². The van der Waals surface area contributed by atoms with E-state index in [1.165, 1.54) is 0 Å². The largest absolute Gasteiger partial charge is 0.381 e. The number of benzene rings is 2. The summed E-state index contributed by atoms with van der Waals surface area (Å²) in [5.74, 6) is 0.366. The first-order valence-corrected chi connectivity index (χ1v) is 12.0. The molecule has 0 saturated heterocycles. The molecule has 0 spiro atoms. The molecule has 1 amide bonds. The van der Waals surface area contributed by atoms with Crippen LogP contribution in [0.2, 0.25) is 0 Å². The van der Waals surface area contributed by atoms with E-state index in [0.29, 0.717) is 18.0 Å². The van der Waals surface area contributed by atoms with Crippen LogP contribution in [0.15, 0.2) is 42.6 Å². The number of amides is 1. The Morgan fingerprint density at radius 2 is 1.76 bits per heavy atom. The number of rotatable bonds is 5. The number of hydrogen-bond acceptors (Lipinski definition) is 5. The number of anilines is 2. The lowest BCUT2D eigenvalue weighted by atomic mass is 9.91. The first kappa shape index (κ1) is 20.4. The van der Waals surface area contributed by atoms with Crippen LogP contribution in [0.3, 0.4) is 0 Å². The van der Waals surface area contributed by atoms with Crippen LogP contribution in [0, 0.1) is 5.92 Å². The minimum atomic E-state index is 0.0341. The summed E-state index contributed by atoms with van der Waals surface area (Å²) in [5, 5.41) is 7.64. The molecule has 2 fully saturated rings. The van der Waals surface area contributed by atoms with Crippen molar-refractivity contribution in [2.75, 3.05) is 10.6 Å². The Bertz CT molecular complexity index is 1270. The van der Waals surface area contributed by atoms with Gasteiger partial charge in [-0.05, 0) is 73.4 Å². The molecule has 2 aliphatic carbocycles. The van der Waals surface area contributed by atoms with Gasteiger partial charge in [-0.2, -0.15) is 0 Å². The zero-order valence-electron chi connectivity index (χ0n) is 18.6. The highest BCUT2D eigenvalue weighted by Gasteiger charge is 2.33. The van der Waals surface area contributed by atoms with Gasteiger partial charge in [-0.25, -0.2) is 0 Å². The second-order valence-electron chi connectivity index (χ2n) is 9.77. The van der Waals surface area contributed by atoms with Crippen molar-refractivity contribution >= 4 is 34.0 Å². The summed E-state index contributed by atoms with van der Waals surface area (Å²) in [4.78, 5) is 29.6. The second-order valence-corrected chi connectivity index (χ2v) is 9.77. The van der Waals surface area contributed by atoms with Crippen molar-refractivity contribution in [3.8, 4) is 11.1 Å². The molecule has 2 heterocycles. The average Bonchev–Trinajstić information content (AvgIpc) is 3.60. The average molecular weight is 441 g/mol. The highest BCUT2D eigenvalue weighted by atomic mass is 16.1. The monoisotopic (exact) mass is 440 g/mol. The highest BCUT2D eigenvalue weighted by Crippen LogP contribution is 2.39. The van der Waals surface area contributed by atoms with E-state index in [1.807, 2.05) is 18.2 Å². The molecule has 6 rings (SSSR count). The number of ketones is 1. The van der Waals surface area contributed by atoms with Gasteiger partial charge in [-0.1, -0.05) is 18.2 Å². The summed E-state index contributed by atoms with van der Waals surface area (Å²) in [6.45, 7) is 0. The molecule has 1 aromatic heterocycles. The summed E-state index contributed by atoms with van der Waals surface area (Å²) in [7, 11) is 0. The number of hydrogen-bond donors (Lipinski definition) is 3. The minimum absolute atomic E-state index is 0.0341. The first-order valence-electron chi connectivity index (χ1n) is 12.0. The van der Waals surface area contributed by atoms with Crippen molar-refractivity contribution in [2.45, 2.75) is 57.0 Å². The molecule has 3 aromatic rings. The second kappa shape index (κ2) is 7.96. The Kier molecular flexibility index (Phi) is 4.91. The number of aromatic nitrogens is 1. The molecule has 2 saturated carbocycles. The van der Waals surface area contributed by atoms with Crippen molar-refractivity contribution in [3.63, 3.8) is 0 Å². The fourth-order valence-electron chi connectivity index (χ4n) is 5.14. The maximum atomic E-state index is 13.1. The molecule has 0 radical (unpaired) electrons. The van der Waals surface area contributed by atoms with Crippen molar-refractivity contribution in [1.29, 1.82) is 0 Å². The van der Waals surface area contributed by atoms with E-state index < -0.39 is 0 Å². The standard InChI is InChI=1S/C27H28N4O2/c28-19-6-8-20(9-7-19)30-26-21-11-16(17-3-4-18-13-25(32)31-24(18)12-17)5-10-23(21)29-14-22(26)27(33)15-1-2-15/h3-5,10-12,14-15,19-20H,1-2,6-9,13,28H2,(H,29,30)(H,31,32). The fraction of sp³-hybridized carbons (Fsp3) is 0.370. The molecule has 1 aliphatic heterocycles. The van der Waals surface area contributed by atoms with Gasteiger partial charge in [0.2, 0.25) is 5.91 Å². The Balaban J connectivity index is 1.43. The van der Waals surface area contributed by atoms with Crippen LogP contribution in [-0.4, -0.2) is 28.8 Å². The van der Waals surface area contributed by atoms with E-state index in [-0.39, 0.29) is 23.7 Å². The van der Waals surface area contributed by atoms with Crippen molar-refractivity contribution in [2.24, 2.45) is 11.7 Å². The maximum Gasteiger partial charge on any atom is 0.228 e. The van der Waals surface area contributed by atoms with Crippen LogP contribution in [0.5, 0.6) is 0 Å². The summed E-state index contributed by atoms with van der Waals surface area (Å²) >= 11 is 0. The molecule has 168 valence electrons. The quantitative estimate of drug-likeness (QED) is 0.501. The summed E-state index contributed by atoms with van der Waals surface area (Å²) in [6.07, 6.45) is 8.13. The van der Waals surface area contributed by atoms with Gasteiger partial charge in [0.05, 0.1) is 23.2 Å². The van der Waals surface area contributed by atoms with Crippen molar-refractivity contribution in [3.05, 3.63) is 53.7 Å². The summed E-state index contributed by atoms with van der Waals surface area (Å²) in [6, 6.07) is 12.9. The lowest BCUT2D eigenvalue weighted by molar-refractivity contribution is -0.115. The van der Waals surface area contributed by atoms with Crippen LogP contribution in [0.4, 0.5) is 11.4 Å². The van der Waals surface area contributed by atoms with Crippen LogP contribution in [0.1, 0.15) is 54.4 Å². The van der Waals surface area contributed by atoms with Gasteiger partial charge in [0.1, 0.15) is 0 Å². The molecule has 0 bridgehead atoms. The van der Waals surface area contributed by atoms with Gasteiger partial charge < -0.3 is 16.4 Å². The van der Waals surface area contributed by atoms with E-state index >= 15 is 0 Å². The third kappa shape index (κ3) is 3.89. The molecule has 0 atom stereocenters. The van der Waals surface area contributed by atoms with Gasteiger partial charge in [-0.3, -0.25) is 14.6 Å². The molecular formula is C27H28N4O2. The number of nitrogens with zero attached hydrogens (tertiary/aromatic N) is 1. The smallest absolute Gasteiger partial charge is 0.228 e. The topological polar surface area (TPSA) is 97.1 Å². The van der Waals surface area contributed by atoms with Gasteiger partial charge in [-0.15, -0.1) is 0 Å². The zero-order chi connectivity index (χ0) is 22.5. The lowest BCUT2D eigenvalue weighted by Crippen LogP contribution is -2.33. The van der Waals surface area contributed by atoms with E-state index in [9.17, 15) is 9.59 Å². The predicted octanol–water partition coefficient (Wildman–Crippen LogP) is 4.67.